The maximum atomic E-state index is 14.1. The van der Waals surface area contributed by atoms with Crippen molar-refractivity contribution in [2.24, 2.45) is 0 Å². The van der Waals surface area contributed by atoms with Crippen molar-refractivity contribution in [1.29, 1.82) is 0 Å². The Morgan fingerprint density at radius 3 is 1.06 bits per heavy atom. The van der Waals surface area contributed by atoms with Crippen molar-refractivity contribution in [1.82, 2.24) is 0 Å². The summed E-state index contributed by atoms with van der Waals surface area (Å²) in [5, 5.41) is 18.4. The molecule has 4 bridgehead atoms. The molecule has 4 fully saturated rings. The molecule has 4 aliphatic carbocycles. The summed E-state index contributed by atoms with van der Waals surface area (Å²) >= 11 is 0. The summed E-state index contributed by atoms with van der Waals surface area (Å²) in [6, 6.07) is 0. The lowest BCUT2D eigenvalue weighted by Crippen LogP contribution is -2.94. The number of rotatable bonds is 2. The lowest BCUT2D eigenvalue weighted by atomic mass is 9.53. The van der Waals surface area contributed by atoms with Crippen LogP contribution in [0.2, 0.25) is 0 Å². The average Bonchev–Trinajstić information content (AvgIpc) is 2.87. The first-order valence-electron chi connectivity index (χ1n) is 11.5. The van der Waals surface area contributed by atoms with Crippen molar-refractivity contribution < 1.29 is 120 Å². The molecule has 2 N–H and O–H groups in total. The second-order valence-corrected chi connectivity index (χ2v) is 11.2. The van der Waals surface area contributed by atoms with Gasteiger partial charge in [0.1, 0.15) is 19.0 Å². The third kappa shape index (κ3) is 3.58. The summed E-state index contributed by atoms with van der Waals surface area (Å²) in [5.41, 5.74) is -35.4. The second-order valence-electron chi connectivity index (χ2n) is 11.2. The van der Waals surface area contributed by atoms with Gasteiger partial charge in [-0.15, -0.1) is 0 Å². The number of aliphatic hydroxyl groups is 2. The van der Waals surface area contributed by atoms with Crippen LogP contribution >= 0.6 is 0 Å². The fraction of sp³-hybridized carbons (Fsp3) is 1.00. The SMILES string of the molecule is F.OC12CC(F)(CF)C(F)(F)C(F)(C(F)(F)C(F)(F)C1(F)F)C2(F)F.OC12CC(F)(F)C(F)(F)C(F)(C1(F)F)C(F)(F)C(F)(CF)C2. The minimum Gasteiger partial charge on any atom is -0.383 e. The van der Waals surface area contributed by atoms with E-state index in [0.717, 1.165) is 0 Å². The summed E-state index contributed by atoms with van der Waals surface area (Å²) in [6.45, 7) is -6.23. The molecule has 0 heterocycles. The van der Waals surface area contributed by atoms with Crippen LogP contribution in [-0.4, -0.2) is 111 Å². The minimum absolute atomic E-state index is 0. The minimum atomic E-state index is -7.57. The maximum Gasteiger partial charge on any atom is 0.379 e. The fourth-order valence-electron chi connectivity index (χ4n) is 5.87. The molecule has 0 radical (unpaired) electrons. The highest BCUT2D eigenvalue weighted by Gasteiger charge is 3.07. The van der Waals surface area contributed by atoms with Crippen molar-refractivity contribution in [3.63, 3.8) is 0 Å². The third-order valence-electron chi connectivity index (χ3n) is 8.64. The topological polar surface area (TPSA) is 40.5 Å². The zero-order chi connectivity index (χ0) is 37.0. The molecule has 2 nitrogen and oxygen atoms in total. The van der Waals surface area contributed by atoms with Gasteiger partial charge in [-0.1, -0.05) is 0 Å². The van der Waals surface area contributed by atoms with Crippen LogP contribution in [0.4, 0.5) is 110 Å². The largest absolute Gasteiger partial charge is 0.383 e. The zero-order valence-electron chi connectivity index (χ0n) is 21.4. The summed E-state index contributed by atoms with van der Waals surface area (Å²) in [7, 11) is 0. The van der Waals surface area contributed by atoms with Gasteiger partial charge < -0.3 is 10.2 Å². The van der Waals surface area contributed by atoms with Crippen LogP contribution in [-0.2, 0) is 0 Å². The van der Waals surface area contributed by atoms with Crippen LogP contribution in [0, 0.1) is 0 Å². The number of hydrogen-bond acceptors (Lipinski definition) is 2. The normalized spacial score (nSPS) is 46.6. The number of fused-ring (bicyclic) bond motifs is 4. The van der Waals surface area contributed by atoms with Gasteiger partial charge in [0.05, 0.1) is 6.42 Å². The van der Waals surface area contributed by atoms with Gasteiger partial charge in [0.25, 0.3) is 0 Å². The second kappa shape index (κ2) is 9.48. The number of halogens is 25. The Balaban J connectivity index is 0.000000321. The van der Waals surface area contributed by atoms with Gasteiger partial charge >= 0.3 is 64.6 Å². The summed E-state index contributed by atoms with van der Waals surface area (Å²) < 4.78 is 323. The lowest BCUT2D eigenvalue weighted by Gasteiger charge is -2.63. The van der Waals surface area contributed by atoms with Crippen molar-refractivity contribution in [2.75, 3.05) is 13.3 Å². The molecule has 0 amide bonds. The predicted molar refractivity (Wildman–Crippen MR) is 98.1 cm³/mol. The molecule has 4 rings (SSSR count). The Morgan fingerprint density at radius 1 is 0.362 bits per heavy atom. The van der Waals surface area contributed by atoms with E-state index in [0.29, 0.717) is 0 Å². The van der Waals surface area contributed by atoms with Crippen LogP contribution in [0.1, 0.15) is 19.3 Å². The van der Waals surface area contributed by atoms with Gasteiger partial charge in [-0.3, -0.25) is 4.70 Å². The van der Waals surface area contributed by atoms with Crippen LogP contribution in [0.15, 0.2) is 0 Å². The number of alkyl halides is 24. The molecular formula is C20H13F25O2. The van der Waals surface area contributed by atoms with Crippen molar-refractivity contribution >= 4 is 0 Å². The molecule has 280 valence electrons. The first-order chi connectivity index (χ1) is 19.7. The number of hydrogen-bond donors (Lipinski definition) is 2. The van der Waals surface area contributed by atoms with Crippen molar-refractivity contribution in [2.45, 2.75) is 106 Å². The van der Waals surface area contributed by atoms with E-state index in [9.17, 15) is 110 Å². The monoisotopic (exact) mass is 760 g/mol. The zero-order valence-corrected chi connectivity index (χ0v) is 21.4. The molecule has 47 heavy (non-hydrogen) atoms. The quantitative estimate of drug-likeness (QED) is 0.291. The summed E-state index contributed by atoms with van der Waals surface area (Å²) in [5.74, 6) is -61.0. The molecule has 0 spiro atoms. The highest BCUT2D eigenvalue weighted by molar-refractivity contribution is 5.39. The summed E-state index contributed by atoms with van der Waals surface area (Å²) in [4.78, 5) is 0. The molecule has 4 saturated carbocycles. The maximum absolute atomic E-state index is 14.1. The highest BCUT2D eigenvalue weighted by atomic mass is 19.4. The molecule has 6 unspecified atom stereocenters. The lowest BCUT2D eigenvalue weighted by molar-refractivity contribution is -0.525. The van der Waals surface area contributed by atoms with E-state index < -0.39 is 120 Å². The molecule has 4 aliphatic rings. The van der Waals surface area contributed by atoms with E-state index in [4.69, 9.17) is 5.11 Å². The van der Waals surface area contributed by atoms with E-state index in [1.54, 1.807) is 0 Å². The van der Waals surface area contributed by atoms with Crippen LogP contribution < -0.4 is 0 Å². The first-order valence-corrected chi connectivity index (χ1v) is 11.5. The standard InChI is InChI=1S/C10H5F13O.C10H7F11O.FH/c11-2-3(12)1-4(24)7(16,17)5(13,6(3,14)15)9(20,21)10(22,23)8(4,18)19;11-3-4(12)1-5(22)2-6(13,14)10(20,21)7(15,8(4,16)17)9(5,18)19;/h24H,1-2H2;22H,1-3H2;1H. The summed E-state index contributed by atoms with van der Waals surface area (Å²) in [6.07, 6.45) is -9.04. The van der Waals surface area contributed by atoms with E-state index in [1.165, 1.54) is 0 Å². The molecule has 27 heteroatoms. The van der Waals surface area contributed by atoms with Crippen molar-refractivity contribution in [3.8, 4) is 0 Å². The van der Waals surface area contributed by atoms with Gasteiger partial charge in [0.2, 0.25) is 16.9 Å². The highest BCUT2D eigenvalue weighted by Crippen LogP contribution is 2.77. The average molecular weight is 760 g/mol. The molecule has 0 aromatic rings. The van der Waals surface area contributed by atoms with Gasteiger partial charge in [0, 0.05) is 12.8 Å². The predicted octanol–water partition coefficient (Wildman–Crippen LogP) is 7.30. The molecule has 6 atom stereocenters. The molecule has 0 aliphatic heterocycles. The van der Waals surface area contributed by atoms with Crippen LogP contribution in [0.3, 0.4) is 0 Å². The Labute approximate surface area is 241 Å². The van der Waals surface area contributed by atoms with E-state index in [-0.39, 0.29) is 4.70 Å². The Morgan fingerprint density at radius 2 is 0.702 bits per heavy atom. The van der Waals surface area contributed by atoms with Gasteiger partial charge in [-0.25, -0.2) is 26.3 Å². The fourth-order valence-corrected chi connectivity index (χ4v) is 5.87. The molecule has 0 aromatic heterocycles. The van der Waals surface area contributed by atoms with Gasteiger partial charge in [0.15, 0.2) is 0 Å². The van der Waals surface area contributed by atoms with E-state index in [2.05, 4.69) is 0 Å². The van der Waals surface area contributed by atoms with Crippen molar-refractivity contribution in [3.05, 3.63) is 0 Å². The molecular weight excluding hydrogens is 747 g/mol. The van der Waals surface area contributed by atoms with E-state index >= 15 is 0 Å². The molecule has 0 saturated heterocycles. The smallest absolute Gasteiger partial charge is 0.379 e. The van der Waals surface area contributed by atoms with Crippen LogP contribution in [0.5, 0.6) is 0 Å². The van der Waals surface area contributed by atoms with Gasteiger partial charge in [-0.05, 0) is 0 Å². The Hall–Kier alpha value is -1.83. The third-order valence-corrected chi connectivity index (χ3v) is 8.64. The van der Waals surface area contributed by atoms with Crippen LogP contribution in [0.25, 0.3) is 0 Å². The Bertz CT molecular complexity index is 1250. The Kier molecular flexibility index (Phi) is 8.34. The van der Waals surface area contributed by atoms with Gasteiger partial charge in [-0.2, -0.15) is 79.0 Å². The molecule has 0 aromatic carbocycles. The van der Waals surface area contributed by atoms with E-state index in [1.807, 2.05) is 0 Å². The first kappa shape index (κ1) is 41.3.